The third-order valence-electron chi connectivity index (χ3n) is 6.06. The van der Waals surface area contributed by atoms with Crippen molar-refractivity contribution in [1.82, 2.24) is 10.2 Å². The van der Waals surface area contributed by atoms with Crippen LogP contribution in [0.3, 0.4) is 0 Å². The summed E-state index contributed by atoms with van der Waals surface area (Å²) in [6, 6.07) is 4.37. The number of halogens is 1. The molecule has 3 aliphatic rings. The second-order valence-electron chi connectivity index (χ2n) is 7.31. The molecule has 1 aromatic carbocycles. The summed E-state index contributed by atoms with van der Waals surface area (Å²) in [6.45, 7) is 0.808. The minimum absolute atomic E-state index is 0.0608. The molecule has 128 valence electrons. The maximum absolute atomic E-state index is 13.3. The normalized spacial score (nSPS) is 31.0. The maximum Gasteiger partial charge on any atom is 0.317 e. The lowest BCUT2D eigenvalue weighted by Gasteiger charge is -2.24. The number of fused-ring (bicyclic) bond motifs is 2. The van der Waals surface area contributed by atoms with E-state index < -0.39 is 11.4 Å². The molecule has 0 spiro atoms. The van der Waals surface area contributed by atoms with Crippen LogP contribution in [0.4, 0.5) is 9.18 Å². The fourth-order valence-electron chi connectivity index (χ4n) is 4.77. The van der Waals surface area contributed by atoms with E-state index in [-0.39, 0.29) is 23.8 Å². The summed E-state index contributed by atoms with van der Waals surface area (Å²) in [5, 5.41) is 12.6. The van der Waals surface area contributed by atoms with Gasteiger partial charge in [-0.25, -0.2) is 9.18 Å². The number of carbonyl (C=O) groups excluding carboxylic acids is 1. The number of nitrogens with zero attached hydrogens (tertiary/aromatic N) is 1. The minimum atomic E-state index is -0.776. The second-order valence-corrected chi connectivity index (χ2v) is 7.31. The van der Waals surface area contributed by atoms with Gasteiger partial charge in [-0.2, -0.15) is 0 Å². The quantitative estimate of drug-likeness (QED) is 0.875. The van der Waals surface area contributed by atoms with Crippen molar-refractivity contribution in [1.29, 1.82) is 0 Å². The molecule has 24 heavy (non-hydrogen) atoms. The van der Waals surface area contributed by atoms with Crippen LogP contribution < -0.4 is 5.32 Å². The molecule has 1 saturated carbocycles. The molecule has 1 aliphatic heterocycles. The molecule has 0 aromatic heterocycles. The van der Waals surface area contributed by atoms with E-state index in [1.165, 1.54) is 12.1 Å². The van der Waals surface area contributed by atoms with Crippen LogP contribution in [-0.2, 0) is 11.2 Å². The Morgan fingerprint density at radius 1 is 1.33 bits per heavy atom. The first kappa shape index (κ1) is 15.4. The number of amides is 2. The number of hydrogen-bond donors (Lipinski definition) is 2. The fourth-order valence-corrected chi connectivity index (χ4v) is 4.77. The lowest BCUT2D eigenvalue weighted by Crippen LogP contribution is -2.42. The summed E-state index contributed by atoms with van der Waals surface area (Å²) >= 11 is 0. The smallest absolute Gasteiger partial charge is 0.317 e. The third kappa shape index (κ3) is 2.27. The number of rotatable bonds is 2. The van der Waals surface area contributed by atoms with Crippen molar-refractivity contribution in [3.63, 3.8) is 0 Å². The van der Waals surface area contributed by atoms with Gasteiger partial charge in [-0.15, -0.1) is 0 Å². The SMILES string of the molecule is O=C(NC1CCc2cc(F)ccc21)N1C[C@@H]2CCC[C@@]2(C(=O)O)C1. The van der Waals surface area contributed by atoms with Crippen molar-refractivity contribution in [2.45, 2.75) is 38.1 Å². The van der Waals surface area contributed by atoms with Crippen LogP contribution in [0.25, 0.3) is 0 Å². The van der Waals surface area contributed by atoms with Gasteiger partial charge in [-0.1, -0.05) is 12.5 Å². The highest BCUT2D eigenvalue weighted by Crippen LogP contribution is 2.49. The van der Waals surface area contributed by atoms with Gasteiger partial charge in [-0.05, 0) is 54.9 Å². The molecule has 0 radical (unpaired) electrons. The van der Waals surface area contributed by atoms with Crippen LogP contribution >= 0.6 is 0 Å². The summed E-state index contributed by atoms with van der Waals surface area (Å²) in [4.78, 5) is 26.0. The highest BCUT2D eigenvalue weighted by Gasteiger charge is 2.55. The number of carboxylic acids is 1. The zero-order valence-corrected chi connectivity index (χ0v) is 13.4. The van der Waals surface area contributed by atoms with Gasteiger partial charge in [0, 0.05) is 13.1 Å². The van der Waals surface area contributed by atoms with E-state index >= 15 is 0 Å². The van der Waals surface area contributed by atoms with E-state index in [0.717, 1.165) is 36.8 Å². The summed E-state index contributed by atoms with van der Waals surface area (Å²) in [7, 11) is 0. The Kier molecular flexibility index (Phi) is 3.51. The number of carboxylic acid groups (broad SMARTS) is 1. The molecule has 1 aromatic rings. The van der Waals surface area contributed by atoms with Gasteiger partial charge in [-0.3, -0.25) is 4.79 Å². The van der Waals surface area contributed by atoms with Crippen molar-refractivity contribution in [3.8, 4) is 0 Å². The highest BCUT2D eigenvalue weighted by atomic mass is 19.1. The lowest BCUT2D eigenvalue weighted by atomic mass is 9.81. The van der Waals surface area contributed by atoms with Crippen LogP contribution in [0.1, 0.15) is 42.9 Å². The number of aliphatic carboxylic acids is 1. The number of hydrogen-bond acceptors (Lipinski definition) is 2. The Labute approximate surface area is 139 Å². The van der Waals surface area contributed by atoms with E-state index in [9.17, 15) is 19.1 Å². The number of carbonyl (C=O) groups is 2. The number of aryl methyl sites for hydroxylation is 1. The number of likely N-dealkylation sites (tertiary alicyclic amines) is 1. The zero-order chi connectivity index (χ0) is 16.9. The standard InChI is InChI=1S/C18H21FN2O3/c19-13-4-5-14-11(8-13)3-6-15(14)20-17(24)21-9-12-2-1-7-18(12,10-21)16(22)23/h4-5,8,12,15H,1-3,6-7,9-10H2,(H,20,24)(H,22,23)/t12-,15?,18+/m0/s1. The predicted molar refractivity (Wildman–Crippen MR) is 85.0 cm³/mol. The first-order chi connectivity index (χ1) is 11.5. The van der Waals surface area contributed by atoms with E-state index in [4.69, 9.17) is 0 Å². The molecule has 2 fully saturated rings. The molecule has 2 amide bonds. The van der Waals surface area contributed by atoms with E-state index in [1.807, 2.05) is 0 Å². The largest absolute Gasteiger partial charge is 0.481 e. The number of benzene rings is 1. The molecule has 0 bridgehead atoms. The molecule has 2 aliphatic carbocycles. The van der Waals surface area contributed by atoms with Gasteiger partial charge < -0.3 is 15.3 Å². The molecule has 6 heteroatoms. The maximum atomic E-state index is 13.3. The van der Waals surface area contributed by atoms with Crippen LogP contribution in [0, 0.1) is 17.2 Å². The van der Waals surface area contributed by atoms with Gasteiger partial charge in [0.15, 0.2) is 0 Å². The molecular weight excluding hydrogens is 311 g/mol. The molecule has 5 nitrogen and oxygen atoms in total. The molecule has 1 heterocycles. The average Bonchev–Trinajstić information content (AvgIpc) is 3.19. The Bertz CT molecular complexity index is 708. The van der Waals surface area contributed by atoms with Crippen LogP contribution in [0.2, 0.25) is 0 Å². The Balaban J connectivity index is 1.46. The van der Waals surface area contributed by atoms with E-state index in [1.54, 1.807) is 11.0 Å². The molecule has 1 saturated heterocycles. The van der Waals surface area contributed by atoms with Gasteiger partial charge in [0.25, 0.3) is 0 Å². The van der Waals surface area contributed by atoms with Gasteiger partial charge in [0.1, 0.15) is 5.82 Å². The lowest BCUT2D eigenvalue weighted by molar-refractivity contribution is -0.149. The first-order valence-electron chi connectivity index (χ1n) is 8.57. The van der Waals surface area contributed by atoms with Crippen LogP contribution in [-0.4, -0.2) is 35.1 Å². The first-order valence-corrected chi connectivity index (χ1v) is 8.57. The van der Waals surface area contributed by atoms with Crippen molar-refractivity contribution in [3.05, 3.63) is 35.1 Å². The van der Waals surface area contributed by atoms with E-state index in [2.05, 4.69) is 5.32 Å². The van der Waals surface area contributed by atoms with Gasteiger partial charge >= 0.3 is 12.0 Å². The summed E-state index contributed by atoms with van der Waals surface area (Å²) in [5.74, 6) is -0.968. The molecule has 1 unspecified atom stereocenters. The third-order valence-corrected chi connectivity index (χ3v) is 6.06. The second kappa shape index (κ2) is 5.46. The number of nitrogens with one attached hydrogen (secondary N) is 1. The summed E-state index contributed by atoms with van der Waals surface area (Å²) in [6.07, 6.45) is 3.96. The van der Waals surface area contributed by atoms with Crippen LogP contribution in [0.15, 0.2) is 18.2 Å². The van der Waals surface area contributed by atoms with Gasteiger partial charge in [0.05, 0.1) is 11.5 Å². The Morgan fingerprint density at radius 2 is 2.17 bits per heavy atom. The van der Waals surface area contributed by atoms with Crippen molar-refractivity contribution in [2.75, 3.05) is 13.1 Å². The molecule has 2 N–H and O–H groups in total. The molecular formula is C18H21FN2O3. The van der Waals surface area contributed by atoms with Crippen LogP contribution in [0.5, 0.6) is 0 Å². The van der Waals surface area contributed by atoms with Gasteiger partial charge in [0.2, 0.25) is 0 Å². The van der Waals surface area contributed by atoms with Crippen molar-refractivity contribution >= 4 is 12.0 Å². The minimum Gasteiger partial charge on any atom is -0.481 e. The Hall–Kier alpha value is -2.11. The van der Waals surface area contributed by atoms with E-state index in [0.29, 0.717) is 19.5 Å². The van der Waals surface area contributed by atoms with Crippen molar-refractivity contribution < 1.29 is 19.1 Å². The van der Waals surface area contributed by atoms with Crippen molar-refractivity contribution in [2.24, 2.45) is 11.3 Å². The molecule has 3 atom stereocenters. The zero-order valence-electron chi connectivity index (χ0n) is 13.4. The summed E-state index contributed by atoms with van der Waals surface area (Å²) in [5.41, 5.74) is 1.16. The number of urea groups is 1. The fraction of sp³-hybridized carbons (Fsp3) is 0.556. The topological polar surface area (TPSA) is 69.6 Å². The monoisotopic (exact) mass is 332 g/mol. The highest BCUT2D eigenvalue weighted by molar-refractivity contribution is 5.81. The Morgan fingerprint density at radius 3 is 2.92 bits per heavy atom. The molecule has 4 rings (SSSR count). The predicted octanol–water partition coefficient (Wildman–Crippen LogP) is 2.71. The summed E-state index contributed by atoms with van der Waals surface area (Å²) < 4.78 is 13.3. The average molecular weight is 332 g/mol.